The first kappa shape index (κ1) is 19.3. The predicted octanol–water partition coefficient (Wildman–Crippen LogP) is 2.60. The third kappa shape index (κ3) is 4.53. The number of hydrogen-bond acceptors (Lipinski definition) is 6. The van der Waals surface area contributed by atoms with E-state index in [9.17, 15) is 18.0 Å². The smallest absolute Gasteiger partial charge is 0.338 e. The first-order valence-electron chi connectivity index (χ1n) is 7.57. The first-order valence-corrected chi connectivity index (χ1v) is 9.83. The highest BCUT2D eigenvalue weighted by Gasteiger charge is 2.18. The van der Waals surface area contributed by atoms with Crippen LogP contribution in [0.2, 0.25) is 0 Å². The molecule has 0 N–H and O–H groups in total. The molecule has 0 atom stereocenters. The van der Waals surface area contributed by atoms with Gasteiger partial charge >= 0.3 is 5.97 Å². The van der Waals surface area contributed by atoms with Crippen molar-refractivity contribution < 1.29 is 22.7 Å². The van der Waals surface area contributed by atoms with E-state index in [0.29, 0.717) is 4.88 Å². The van der Waals surface area contributed by atoms with Gasteiger partial charge in [0.2, 0.25) is 15.8 Å². The van der Waals surface area contributed by atoms with Gasteiger partial charge in [-0.25, -0.2) is 17.5 Å². The van der Waals surface area contributed by atoms with Crippen LogP contribution in [-0.4, -0.2) is 45.2 Å². The lowest BCUT2D eigenvalue weighted by atomic mass is 10.2. The van der Waals surface area contributed by atoms with E-state index in [4.69, 9.17) is 4.74 Å². The summed E-state index contributed by atoms with van der Waals surface area (Å²) in [7, 11) is -0.696. The summed E-state index contributed by atoms with van der Waals surface area (Å²) in [4.78, 5) is 25.7. The monoisotopic (exact) mass is 381 g/mol. The molecule has 0 amide bonds. The fourth-order valence-electron chi connectivity index (χ4n) is 1.98. The summed E-state index contributed by atoms with van der Waals surface area (Å²) in [5.74, 6) is -0.931. The number of Topliss-reactive ketones (excluding diaryl/α,β-unsaturated/α-hetero) is 1. The van der Waals surface area contributed by atoms with Gasteiger partial charge in [-0.1, -0.05) is 6.92 Å². The number of rotatable bonds is 7. The van der Waals surface area contributed by atoms with E-state index in [1.807, 2.05) is 13.0 Å². The Labute approximate surface area is 151 Å². The van der Waals surface area contributed by atoms with E-state index in [2.05, 4.69) is 0 Å². The van der Waals surface area contributed by atoms with E-state index < -0.39 is 16.0 Å². The molecule has 0 aliphatic rings. The van der Waals surface area contributed by atoms with E-state index in [0.717, 1.165) is 15.6 Å². The fourth-order valence-corrected chi connectivity index (χ4v) is 3.75. The Morgan fingerprint density at radius 2 is 1.72 bits per heavy atom. The molecule has 1 heterocycles. The molecule has 1 aromatic carbocycles. The van der Waals surface area contributed by atoms with Gasteiger partial charge in [0.1, 0.15) is 0 Å². The van der Waals surface area contributed by atoms with E-state index in [1.165, 1.54) is 49.7 Å². The third-order valence-corrected chi connectivity index (χ3v) is 6.59. The fraction of sp³-hybridized carbons (Fsp3) is 0.294. The van der Waals surface area contributed by atoms with Crippen molar-refractivity contribution in [1.29, 1.82) is 0 Å². The SMILES string of the molecule is CCc1ccc(C(=O)COC(=O)c2ccc(S(=O)(=O)N(C)C)cc2)s1. The van der Waals surface area contributed by atoms with Gasteiger partial charge in [-0.3, -0.25) is 4.79 Å². The molecule has 8 heteroatoms. The van der Waals surface area contributed by atoms with Crippen LogP contribution in [-0.2, 0) is 21.2 Å². The average molecular weight is 381 g/mol. The van der Waals surface area contributed by atoms with Crippen LogP contribution in [0, 0.1) is 0 Å². The van der Waals surface area contributed by atoms with Crippen molar-refractivity contribution in [3.8, 4) is 0 Å². The molecule has 0 bridgehead atoms. The maximum atomic E-state index is 12.0. The number of thiophene rings is 1. The Morgan fingerprint density at radius 1 is 1.08 bits per heavy atom. The molecular weight excluding hydrogens is 362 g/mol. The zero-order valence-electron chi connectivity index (χ0n) is 14.2. The number of sulfonamides is 1. The van der Waals surface area contributed by atoms with Crippen LogP contribution in [0.1, 0.15) is 31.8 Å². The summed E-state index contributed by atoms with van der Waals surface area (Å²) in [6, 6.07) is 9.00. The Balaban J connectivity index is 2.00. The van der Waals surface area contributed by atoms with Gasteiger partial charge < -0.3 is 4.74 Å². The number of ether oxygens (including phenoxy) is 1. The van der Waals surface area contributed by atoms with Gasteiger partial charge in [-0.05, 0) is 42.8 Å². The molecule has 2 aromatic rings. The van der Waals surface area contributed by atoms with Crippen LogP contribution in [0.25, 0.3) is 0 Å². The number of aryl methyl sites for hydroxylation is 1. The first-order chi connectivity index (χ1) is 11.8. The quantitative estimate of drug-likeness (QED) is 0.544. The zero-order valence-corrected chi connectivity index (χ0v) is 15.8. The highest BCUT2D eigenvalue weighted by atomic mass is 32.2. The number of nitrogens with zero attached hydrogens (tertiary/aromatic N) is 1. The van der Waals surface area contributed by atoms with Crippen LogP contribution in [0.15, 0.2) is 41.3 Å². The normalized spacial score (nSPS) is 11.5. The Morgan fingerprint density at radius 3 is 2.24 bits per heavy atom. The average Bonchev–Trinajstić information content (AvgIpc) is 3.08. The highest BCUT2D eigenvalue weighted by molar-refractivity contribution is 7.89. The summed E-state index contributed by atoms with van der Waals surface area (Å²) >= 11 is 1.38. The summed E-state index contributed by atoms with van der Waals surface area (Å²) in [6.07, 6.45) is 0.847. The van der Waals surface area contributed by atoms with Crippen LogP contribution >= 0.6 is 11.3 Å². The highest BCUT2D eigenvalue weighted by Crippen LogP contribution is 2.18. The molecule has 0 saturated carbocycles. The Bertz CT molecular complexity index is 867. The predicted molar refractivity (Wildman–Crippen MR) is 95.6 cm³/mol. The van der Waals surface area contributed by atoms with Crippen molar-refractivity contribution >= 4 is 33.1 Å². The molecule has 6 nitrogen and oxygen atoms in total. The molecule has 2 rings (SSSR count). The summed E-state index contributed by atoms with van der Waals surface area (Å²) in [5, 5.41) is 0. The van der Waals surface area contributed by atoms with Crippen LogP contribution in [0.3, 0.4) is 0 Å². The molecule has 0 unspecified atom stereocenters. The standard InChI is InChI=1S/C17H19NO5S2/c1-4-13-7-10-16(24-13)15(19)11-23-17(20)12-5-8-14(9-6-12)25(21,22)18(2)3/h5-10H,4,11H2,1-3H3. The van der Waals surface area contributed by atoms with Gasteiger partial charge in [-0.15, -0.1) is 11.3 Å². The second-order valence-electron chi connectivity index (χ2n) is 5.43. The Hall–Kier alpha value is -2.03. The molecule has 134 valence electrons. The molecule has 0 radical (unpaired) electrons. The number of esters is 1. The third-order valence-electron chi connectivity index (χ3n) is 3.49. The molecular formula is C17H19NO5S2. The van der Waals surface area contributed by atoms with Crippen LogP contribution < -0.4 is 0 Å². The van der Waals surface area contributed by atoms with Gasteiger partial charge in [0.25, 0.3) is 0 Å². The zero-order chi connectivity index (χ0) is 18.6. The number of benzene rings is 1. The number of hydrogen-bond donors (Lipinski definition) is 0. The lowest BCUT2D eigenvalue weighted by molar-refractivity contribution is 0.0475. The van der Waals surface area contributed by atoms with Crippen molar-refractivity contribution in [2.45, 2.75) is 18.2 Å². The second kappa shape index (κ2) is 7.90. The van der Waals surface area contributed by atoms with E-state index >= 15 is 0 Å². The topological polar surface area (TPSA) is 80.8 Å². The molecule has 25 heavy (non-hydrogen) atoms. The Kier molecular flexibility index (Phi) is 6.10. The largest absolute Gasteiger partial charge is 0.454 e. The van der Waals surface area contributed by atoms with Crippen molar-refractivity contribution in [3.63, 3.8) is 0 Å². The van der Waals surface area contributed by atoms with Crippen LogP contribution in [0.5, 0.6) is 0 Å². The summed E-state index contributed by atoms with van der Waals surface area (Å²) < 4.78 is 30.1. The number of carbonyl (C=O) groups is 2. The lowest BCUT2D eigenvalue weighted by Gasteiger charge is -2.11. The van der Waals surface area contributed by atoms with Gasteiger partial charge in [-0.2, -0.15) is 0 Å². The molecule has 0 aliphatic carbocycles. The second-order valence-corrected chi connectivity index (χ2v) is 8.75. The maximum Gasteiger partial charge on any atom is 0.338 e. The number of ketones is 1. The van der Waals surface area contributed by atoms with E-state index in [1.54, 1.807) is 6.07 Å². The molecule has 0 saturated heterocycles. The molecule has 0 fully saturated rings. The van der Waals surface area contributed by atoms with Crippen molar-refractivity contribution in [1.82, 2.24) is 4.31 Å². The van der Waals surface area contributed by atoms with Gasteiger partial charge in [0, 0.05) is 19.0 Å². The lowest BCUT2D eigenvalue weighted by Crippen LogP contribution is -2.22. The van der Waals surface area contributed by atoms with E-state index in [-0.39, 0.29) is 22.8 Å². The van der Waals surface area contributed by atoms with Gasteiger partial charge in [0.15, 0.2) is 6.61 Å². The molecule has 1 aromatic heterocycles. The van der Waals surface area contributed by atoms with Crippen molar-refractivity contribution in [3.05, 3.63) is 51.7 Å². The molecule has 0 spiro atoms. The molecule has 0 aliphatic heterocycles. The minimum Gasteiger partial charge on any atom is -0.454 e. The van der Waals surface area contributed by atoms with Crippen molar-refractivity contribution in [2.75, 3.05) is 20.7 Å². The van der Waals surface area contributed by atoms with Gasteiger partial charge in [0.05, 0.1) is 15.3 Å². The maximum absolute atomic E-state index is 12.0. The minimum atomic E-state index is -3.55. The van der Waals surface area contributed by atoms with Crippen LogP contribution in [0.4, 0.5) is 0 Å². The van der Waals surface area contributed by atoms with Crippen molar-refractivity contribution in [2.24, 2.45) is 0 Å². The minimum absolute atomic E-state index is 0.0795. The number of carbonyl (C=O) groups excluding carboxylic acids is 2. The summed E-state index contributed by atoms with van der Waals surface area (Å²) in [6.45, 7) is 1.65. The summed E-state index contributed by atoms with van der Waals surface area (Å²) in [5.41, 5.74) is 0.186.